The van der Waals surface area contributed by atoms with Gasteiger partial charge in [-0.1, -0.05) is 0 Å². The Balaban J connectivity index is 4.52. The highest BCUT2D eigenvalue weighted by Gasteiger charge is 2.24. The topological polar surface area (TPSA) is 234 Å². The zero-order valence-electron chi connectivity index (χ0n) is 13.8. The van der Waals surface area contributed by atoms with Crippen LogP contribution in [-0.2, 0) is 24.0 Å². The quantitative estimate of drug-likeness (QED) is 0.162. The van der Waals surface area contributed by atoms with E-state index in [-0.39, 0.29) is 12.8 Å². The Bertz CT molecular complexity index is 541. The van der Waals surface area contributed by atoms with Crippen molar-refractivity contribution in [1.82, 2.24) is 16.0 Å². The number of carbonyl (C=O) groups is 5. The molecule has 0 aromatic carbocycles. The normalized spacial score (nSPS) is 13.8. The Morgan fingerprint density at radius 2 is 1.54 bits per heavy atom. The van der Waals surface area contributed by atoms with Crippen LogP contribution in [-0.4, -0.2) is 82.8 Å². The molecule has 0 aliphatic heterocycles. The smallest absolute Gasteiger partial charge is 0.326 e. The van der Waals surface area contributed by atoms with Crippen molar-refractivity contribution in [3.63, 3.8) is 0 Å². The molecule has 10 N–H and O–H groups in total. The van der Waals surface area contributed by atoms with Gasteiger partial charge in [0.25, 0.3) is 0 Å². The average Bonchev–Trinajstić information content (AvgIpc) is 2.59. The Morgan fingerprint density at radius 3 is 2.00 bits per heavy atom. The third kappa shape index (κ3) is 8.91. The first-order valence-electron chi connectivity index (χ1n) is 7.48. The molecule has 26 heavy (non-hydrogen) atoms. The maximum Gasteiger partial charge on any atom is 0.326 e. The Labute approximate surface area is 148 Å². The number of hydrogen-bond donors (Lipinski definition) is 8. The number of nitrogens with one attached hydrogen (secondary N) is 3. The summed E-state index contributed by atoms with van der Waals surface area (Å²) in [4.78, 5) is 56.6. The molecule has 4 amide bonds. The van der Waals surface area contributed by atoms with Crippen LogP contribution in [0.4, 0.5) is 0 Å². The Morgan fingerprint density at radius 1 is 0.923 bits per heavy atom. The molecule has 3 atom stereocenters. The molecule has 0 radical (unpaired) electrons. The molecule has 0 bridgehead atoms. The number of aliphatic carboxylic acids is 1. The fourth-order valence-corrected chi connectivity index (χ4v) is 1.64. The van der Waals surface area contributed by atoms with Crippen molar-refractivity contribution in [1.29, 1.82) is 0 Å². The predicted octanol–water partition coefficient (Wildman–Crippen LogP) is -5.27. The highest BCUT2D eigenvalue weighted by molar-refractivity contribution is 5.92. The molecule has 13 heteroatoms. The van der Waals surface area contributed by atoms with E-state index >= 15 is 0 Å². The van der Waals surface area contributed by atoms with Crippen molar-refractivity contribution in [2.45, 2.75) is 31.0 Å². The van der Waals surface area contributed by atoms with E-state index < -0.39 is 67.5 Å². The van der Waals surface area contributed by atoms with Gasteiger partial charge in [-0.2, -0.15) is 0 Å². The molecule has 0 heterocycles. The minimum atomic E-state index is -1.42. The van der Waals surface area contributed by atoms with Crippen molar-refractivity contribution in [3.8, 4) is 0 Å². The minimum Gasteiger partial charge on any atom is -0.480 e. The van der Waals surface area contributed by atoms with Gasteiger partial charge in [0.05, 0.1) is 19.8 Å². The lowest BCUT2D eigenvalue weighted by atomic mass is 10.1. The molecule has 3 unspecified atom stereocenters. The highest BCUT2D eigenvalue weighted by atomic mass is 16.4. The van der Waals surface area contributed by atoms with Crippen molar-refractivity contribution >= 4 is 29.6 Å². The van der Waals surface area contributed by atoms with Gasteiger partial charge in [-0.05, 0) is 6.42 Å². The van der Waals surface area contributed by atoms with Crippen LogP contribution >= 0.6 is 0 Å². The van der Waals surface area contributed by atoms with Gasteiger partial charge in [0.15, 0.2) is 0 Å². The predicted molar refractivity (Wildman–Crippen MR) is 85.1 cm³/mol. The van der Waals surface area contributed by atoms with Crippen LogP contribution in [0.15, 0.2) is 0 Å². The van der Waals surface area contributed by atoms with Gasteiger partial charge in [-0.3, -0.25) is 19.2 Å². The first-order chi connectivity index (χ1) is 12.1. The van der Waals surface area contributed by atoms with Crippen molar-refractivity contribution in [2.24, 2.45) is 11.5 Å². The summed E-state index contributed by atoms with van der Waals surface area (Å²) in [6, 6.07) is -4.08. The monoisotopic (exact) mass is 377 g/mol. The highest BCUT2D eigenvalue weighted by Crippen LogP contribution is 1.97. The molecule has 0 aromatic heterocycles. The lowest BCUT2D eigenvalue weighted by Crippen LogP contribution is -2.55. The molecule has 0 saturated heterocycles. The fraction of sp³-hybridized carbons (Fsp3) is 0.615. The number of primary amides is 1. The lowest BCUT2D eigenvalue weighted by molar-refractivity contribution is -0.142. The minimum absolute atomic E-state index is 0.223. The molecule has 0 fully saturated rings. The maximum atomic E-state index is 11.8. The van der Waals surface area contributed by atoms with Gasteiger partial charge in [-0.15, -0.1) is 0 Å². The summed E-state index contributed by atoms with van der Waals surface area (Å²) >= 11 is 0. The van der Waals surface area contributed by atoms with E-state index in [1.807, 2.05) is 0 Å². The summed E-state index contributed by atoms with van der Waals surface area (Å²) in [7, 11) is 0. The second-order valence-electron chi connectivity index (χ2n) is 5.21. The van der Waals surface area contributed by atoms with Gasteiger partial charge in [0.2, 0.25) is 23.6 Å². The molecular formula is C13H23N5O8. The van der Waals surface area contributed by atoms with Crippen LogP contribution < -0.4 is 27.4 Å². The van der Waals surface area contributed by atoms with Crippen molar-refractivity contribution in [2.75, 3.05) is 19.8 Å². The number of carbonyl (C=O) groups excluding carboxylic acids is 4. The number of nitrogens with two attached hydrogens (primary N) is 2. The second kappa shape index (κ2) is 11.7. The largest absolute Gasteiger partial charge is 0.480 e. The molecule has 0 saturated carbocycles. The van der Waals surface area contributed by atoms with Gasteiger partial charge in [-0.25, -0.2) is 4.79 Å². The summed E-state index contributed by atoms with van der Waals surface area (Å²) in [5.74, 6) is -4.80. The van der Waals surface area contributed by atoms with Gasteiger partial charge in [0.1, 0.15) is 18.1 Å². The van der Waals surface area contributed by atoms with Crippen LogP contribution in [0.3, 0.4) is 0 Å². The molecule has 0 aliphatic rings. The number of carboxylic acid groups (broad SMARTS) is 1. The van der Waals surface area contributed by atoms with Crippen LogP contribution in [0.1, 0.15) is 12.8 Å². The molecule has 148 valence electrons. The maximum absolute atomic E-state index is 11.8. The molecular weight excluding hydrogens is 354 g/mol. The number of rotatable bonds is 12. The summed E-state index contributed by atoms with van der Waals surface area (Å²) < 4.78 is 0. The number of carboxylic acids is 1. The number of aliphatic hydroxyl groups is 2. The average molecular weight is 377 g/mol. The second-order valence-corrected chi connectivity index (χ2v) is 5.21. The summed E-state index contributed by atoms with van der Waals surface area (Å²) in [6.45, 7) is -2.11. The van der Waals surface area contributed by atoms with Gasteiger partial charge < -0.3 is 42.7 Å². The third-order valence-electron chi connectivity index (χ3n) is 3.08. The van der Waals surface area contributed by atoms with Crippen LogP contribution in [0.5, 0.6) is 0 Å². The zero-order chi connectivity index (χ0) is 20.3. The standard InChI is InChI=1S/C13H23N5O8/c14-6(4-19)11(23)18-8(5-20)12(24)16-3-10(22)17-7(13(25)26)1-2-9(15)21/h6-8,19-20H,1-5,14H2,(H2,15,21)(H,16,24)(H,17,22)(H,18,23)(H,25,26). The number of aliphatic hydroxyl groups excluding tert-OH is 2. The van der Waals surface area contributed by atoms with Gasteiger partial charge in [0, 0.05) is 6.42 Å². The summed E-state index contributed by atoms with van der Waals surface area (Å²) in [6.07, 6.45) is -0.480. The first kappa shape index (κ1) is 23.2. The Hall–Kier alpha value is -2.77. The van der Waals surface area contributed by atoms with Crippen molar-refractivity contribution < 1.29 is 39.3 Å². The van der Waals surface area contributed by atoms with Crippen molar-refractivity contribution in [3.05, 3.63) is 0 Å². The molecule has 0 spiro atoms. The van der Waals surface area contributed by atoms with E-state index in [4.69, 9.17) is 26.8 Å². The number of amides is 4. The third-order valence-corrected chi connectivity index (χ3v) is 3.08. The number of hydrogen-bond acceptors (Lipinski definition) is 8. The van der Waals surface area contributed by atoms with Gasteiger partial charge >= 0.3 is 5.97 Å². The van der Waals surface area contributed by atoms with Crippen LogP contribution in [0, 0.1) is 0 Å². The fourth-order valence-electron chi connectivity index (χ4n) is 1.64. The van der Waals surface area contributed by atoms with E-state index in [9.17, 15) is 24.0 Å². The van der Waals surface area contributed by atoms with E-state index in [1.54, 1.807) is 0 Å². The summed E-state index contributed by atoms with van der Waals surface area (Å²) in [5.41, 5.74) is 10.2. The first-order valence-corrected chi connectivity index (χ1v) is 7.48. The van der Waals surface area contributed by atoms with E-state index in [0.717, 1.165) is 0 Å². The zero-order valence-corrected chi connectivity index (χ0v) is 13.8. The van der Waals surface area contributed by atoms with Crippen LogP contribution in [0.25, 0.3) is 0 Å². The molecule has 0 aliphatic carbocycles. The van der Waals surface area contributed by atoms with Crippen LogP contribution in [0.2, 0.25) is 0 Å². The molecule has 0 rings (SSSR count). The lowest BCUT2D eigenvalue weighted by Gasteiger charge is -2.18. The Kier molecular flexibility index (Phi) is 10.5. The van der Waals surface area contributed by atoms with E-state index in [2.05, 4.69) is 16.0 Å². The summed E-state index contributed by atoms with van der Waals surface area (Å²) in [5, 5.41) is 33.0. The van der Waals surface area contributed by atoms with E-state index in [0.29, 0.717) is 0 Å². The van der Waals surface area contributed by atoms with E-state index in [1.165, 1.54) is 0 Å². The molecule has 0 aromatic rings. The molecule has 13 nitrogen and oxygen atoms in total. The SMILES string of the molecule is NC(=O)CCC(NC(=O)CNC(=O)C(CO)NC(=O)C(N)CO)C(=O)O.